The van der Waals surface area contributed by atoms with E-state index in [4.69, 9.17) is 4.74 Å². The maximum atomic E-state index is 10.6. The summed E-state index contributed by atoms with van der Waals surface area (Å²) in [5.41, 5.74) is 0. The van der Waals surface area contributed by atoms with Crippen molar-refractivity contribution in [1.82, 2.24) is 0 Å². The first-order chi connectivity index (χ1) is 9.20. The average Bonchev–Trinajstić information content (AvgIpc) is 2.41. The number of unbranched alkanes of at least 4 members (excludes halogenated alkanes) is 7. The quantitative estimate of drug-likeness (QED) is 0.300. The molecular weight excluding hydrogens is 244 g/mol. The van der Waals surface area contributed by atoms with E-state index < -0.39 is 11.9 Å². The first kappa shape index (κ1) is 18.3. The van der Waals surface area contributed by atoms with Crippen LogP contribution in [0.15, 0.2) is 0 Å². The molecule has 4 heteroatoms. The van der Waals surface area contributed by atoms with E-state index in [1.165, 1.54) is 38.5 Å². The Morgan fingerprint density at radius 2 is 1.68 bits per heavy atom. The van der Waals surface area contributed by atoms with Crippen molar-refractivity contribution in [3.63, 3.8) is 0 Å². The van der Waals surface area contributed by atoms with E-state index in [-0.39, 0.29) is 19.5 Å². The van der Waals surface area contributed by atoms with Gasteiger partial charge in [-0.3, -0.25) is 9.59 Å². The molecule has 1 atom stereocenters. The van der Waals surface area contributed by atoms with Gasteiger partial charge in [0.25, 0.3) is 0 Å². The van der Waals surface area contributed by atoms with Crippen LogP contribution < -0.4 is 0 Å². The molecule has 1 N–H and O–H groups in total. The molecule has 0 rings (SSSR count). The maximum Gasteiger partial charge on any atom is 0.220 e. The SMILES string of the molecule is CCCCCCCCCCC(O)COCC(=O)C=O. The zero-order valence-electron chi connectivity index (χ0n) is 12.1. The zero-order chi connectivity index (χ0) is 14.3. The number of aliphatic hydroxyl groups is 1. The number of ether oxygens (including phenoxy) is 1. The van der Waals surface area contributed by atoms with Crippen LogP contribution in [0.5, 0.6) is 0 Å². The molecule has 0 aliphatic rings. The molecule has 0 aliphatic carbocycles. The van der Waals surface area contributed by atoms with Crippen LogP contribution in [0.1, 0.15) is 64.7 Å². The number of Topliss-reactive ketones (excluding diaryl/α,β-unsaturated/α-hetero) is 1. The Morgan fingerprint density at radius 1 is 1.11 bits per heavy atom. The van der Waals surface area contributed by atoms with E-state index in [2.05, 4.69) is 6.92 Å². The molecule has 0 radical (unpaired) electrons. The predicted molar refractivity (Wildman–Crippen MR) is 75.1 cm³/mol. The van der Waals surface area contributed by atoms with Crippen LogP contribution in [0.3, 0.4) is 0 Å². The summed E-state index contributed by atoms with van der Waals surface area (Å²) in [6.45, 7) is 2.13. The number of carbonyl (C=O) groups is 2. The summed E-state index contributed by atoms with van der Waals surface area (Å²) in [5, 5.41) is 9.58. The number of aldehydes is 1. The summed E-state index contributed by atoms with van der Waals surface area (Å²) >= 11 is 0. The molecule has 0 heterocycles. The van der Waals surface area contributed by atoms with Crippen molar-refractivity contribution in [2.24, 2.45) is 0 Å². The highest BCUT2D eigenvalue weighted by molar-refractivity contribution is 6.25. The molecule has 0 saturated heterocycles. The molecule has 112 valence electrons. The monoisotopic (exact) mass is 272 g/mol. The highest BCUT2D eigenvalue weighted by atomic mass is 16.5. The first-order valence-electron chi connectivity index (χ1n) is 7.44. The molecule has 0 amide bonds. The Balaban J connectivity index is 3.22. The summed E-state index contributed by atoms with van der Waals surface area (Å²) in [6, 6.07) is 0. The van der Waals surface area contributed by atoms with Crippen molar-refractivity contribution < 1.29 is 19.4 Å². The lowest BCUT2D eigenvalue weighted by atomic mass is 10.1. The number of aliphatic hydroxyl groups excluding tert-OH is 1. The topological polar surface area (TPSA) is 63.6 Å². The highest BCUT2D eigenvalue weighted by Gasteiger charge is 2.06. The van der Waals surface area contributed by atoms with Crippen LogP contribution in [0.4, 0.5) is 0 Å². The van der Waals surface area contributed by atoms with Crippen molar-refractivity contribution in [3.8, 4) is 0 Å². The lowest BCUT2D eigenvalue weighted by Crippen LogP contribution is -2.19. The molecular formula is C15H28O4. The van der Waals surface area contributed by atoms with E-state index >= 15 is 0 Å². The summed E-state index contributed by atoms with van der Waals surface area (Å²) in [7, 11) is 0. The Hall–Kier alpha value is -0.740. The Labute approximate surface area is 116 Å². The van der Waals surface area contributed by atoms with Crippen molar-refractivity contribution >= 4 is 12.1 Å². The van der Waals surface area contributed by atoms with E-state index in [0.29, 0.717) is 6.42 Å². The summed E-state index contributed by atoms with van der Waals surface area (Å²) in [6.07, 6.45) is 10.3. The highest BCUT2D eigenvalue weighted by Crippen LogP contribution is 2.10. The van der Waals surface area contributed by atoms with Gasteiger partial charge in [-0.05, 0) is 6.42 Å². The standard InChI is InChI=1S/C15H28O4/c1-2-3-4-5-6-7-8-9-10-14(17)12-19-13-15(18)11-16/h11,14,17H,2-10,12-13H2,1H3. The molecule has 0 spiro atoms. The molecule has 0 bridgehead atoms. The van der Waals surface area contributed by atoms with Crippen LogP contribution in [0.2, 0.25) is 0 Å². The molecule has 0 aliphatic heterocycles. The maximum absolute atomic E-state index is 10.6. The Morgan fingerprint density at radius 3 is 2.26 bits per heavy atom. The van der Waals surface area contributed by atoms with Crippen LogP contribution in [-0.4, -0.2) is 36.5 Å². The third kappa shape index (κ3) is 13.5. The summed E-state index contributed by atoms with van der Waals surface area (Å²) < 4.78 is 4.94. The van der Waals surface area contributed by atoms with Gasteiger partial charge in [-0.1, -0.05) is 58.3 Å². The van der Waals surface area contributed by atoms with Gasteiger partial charge >= 0.3 is 0 Å². The fourth-order valence-corrected chi connectivity index (χ4v) is 1.93. The molecule has 1 unspecified atom stereocenters. The molecule has 0 aromatic rings. The molecule has 4 nitrogen and oxygen atoms in total. The van der Waals surface area contributed by atoms with Crippen molar-refractivity contribution in [2.75, 3.05) is 13.2 Å². The van der Waals surface area contributed by atoms with Crippen molar-refractivity contribution in [2.45, 2.75) is 70.8 Å². The van der Waals surface area contributed by atoms with Gasteiger partial charge < -0.3 is 9.84 Å². The molecule has 0 aromatic heterocycles. The third-order valence-corrected chi connectivity index (χ3v) is 3.08. The van der Waals surface area contributed by atoms with Crippen molar-refractivity contribution in [3.05, 3.63) is 0 Å². The normalized spacial score (nSPS) is 12.3. The van der Waals surface area contributed by atoms with Crippen LogP contribution in [0.25, 0.3) is 0 Å². The fraction of sp³-hybridized carbons (Fsp3) is 0.867. The summed E-state index contributed by atoms with van der Waals surface area (Å²) in [5.74, 6) is -0.584. The van der Waals surface area contributed by atoms with E-state index in [1.54, 1.807) is 0 Å². The minimum absolute atomic E-state index is 0.135. The first-order valence-corrected chi connectivity index (χ1v) is 7.44. The Kier molecular flexibility index (Phi) is 13.2. The molecule has 0 saturated carbocycles. The fourth-order valence-electron chi connectivity index (χ4n) is 1.93. The van der Waals surface area contributed by atoms with Crippen LogP contribution in [0, 0.1) is 0 Å². The zero-order valence-corrected chi connectivity index (χ0v) is 12.1. The van der Waals surface area contributed by atoms with Gasteiger partial charge in [-0.15, -0.1) is 0 Å². The number of ketones is 1. The summed E-state index contributed by atoms with van der Waals surface area (Å²) in [4.78, 5) is 20.7. The van der Waals surface area contributed by atoms with E-state index in [0.717, 1.165) is 12.8 Å². The van der Waals surface area contributed by atoms with E-state index in [9.17, 15) is 14.7 Å². The lowest BCUT2D eigenvalue weighted by molar-refractivity contribution is -0.133. The van der Waals surface area contributed by atoms with Gasteiger partial charge in [0, 0.05) is 0 Å². The predicted octanol–water partition coefficient (Wildman–Crippen LogP) is 2.66. The third-order valence-electron chi connectivity index (χ3n) is 3.08. The number of rotatable bonds is 14. The van der Waals surface area contributed by atoms with Gasteiger partial charge in [0.05, 0.1) is 12.7 Å². The van der Waals surface area contributed by atoms with E-state index in [1.807, 2.05) is 0 Å². The molecule has 0 fully saturated rings. The van der Waals surface area contributed by atoms with Crippen LogP contribution in [-0.2, 0) is 14.3 Å². The molecule has 0 aromatic carbocycles. The number of hydrogen-bond acceptors (Lipinski definition) is 4. The second-order valence-electron chi connectivity index (χ2n) is 5.02. The minimum Gasteiger partial charge on any atom is -0.391 e. The largest absolute Gasteiger partial charge is 0.391 e. The lowest BCUT2D eigenvalue weighted by Gasteiger charge is -2.10. The van der Waals surface area contributed by atoms with Crippen LogP contribution >= 0.6 is 0 Å². The van der Waals surface area contributed by atoms with Gasteiger partial charge in [0.15, 0.2) is 6.29 Å². The molecule has 19 heavy (non-hydrogen) atoms. The average molecular weight is 272 g/mol. The number of carbonyl (C=O) groups excluding carboxylic acids is 2. The second-order valence-corrected chi connectivity index (χ2v) is 5.02. The smallest absolute Gasteiger partial charge is 0.220 e. The van der Waals surface area contributed by atoms with Gasteiger partial charge in [0.2, 0.25) is 5.78 Å². The van der Waals surface area contributed by atoms with Gasteiger partial charge in [-0.2, -0.15) is 0 Å². The van der Waals surface area contributed by atoms with Crippen molar-refractivity contribution in [1.29, 1.82) is 0 Å². The van der Waals surface area contributed by atoms with Gasteiger partial charge in [0.1, 0.15) is 6.61 Å². The van der Waals surface area contributed by atoms with Gasteiger partial charge in [-0.25, -0.2) is 0 Å². The minimum atomic E-state index is -0.584. The number of hydrogen-bond donors (Lipinski definition) is 1. The second kappa shape index (κ2) is 13.7. The Bertz CT molecular complexity index is 228.